The number of piperidine rings is 1. The Bertz CT molecular complexity index is 855. The van der Waals surface area contributed by atoms with Gasteiger partial charge in [0.15, 0.2) is 0 Å². The van der Waals surface area contributed by atoms with Crippen molar-refractivity contribution in [3.63, 3.8) is 0 Å². The first kappa shape index (κ1) is 20.3. The Hall–Kier alpha value is -3.40. The van der Waals surface area contributed by atoms with Crippen molar-refractivity contribution >= 4 is 23.6 Å². The molecular weight excluding hydrogens is 378 g/mol. The van der Waals surface area contributed by atoms with E-state index in [0.717, 1.165) is 24.3 Å². The zero-order valence-electron chi connectivity index (χ0n) is 15.8. The molecule has 1 aromatic heterocycles. The van der Waals surface area contributed by atoms with Crippen LogP contribution in [-0.2, 0) is 9.59 Å². The van der Waals surface area contributed by atoms with E-state index in [1.807, 2.05) is 24.3 Å². The second-order valence-electron chi connectivity index (χ2n) is 6.79. The van der Waals surface area contributed by atoms with Gasteiger partial charge in [0.1, 0.15) is 0 Å². The number of rotatable bonds is 4. The molecule has 4 heterocycles. The highest BCUT2D eigenvalue weighted by atomic mass is 16.4. The highest BCUT2D eigenvalue weighted by Gasteiger charge is 2.31. The highest BCUT2D eigenvalue weighted by molar-refractivity contribution is 5.89. The summed E-state index contributed by atoms with van der Waals surface area (Å²) >= 11 is 0. The number of hydrogen-bond donors (Lipinski definition) is 3. The number of fused-ring (bicyclic) bond motifs is 4. The highest BCUT2D eigenvalue weighted by Crippen LogP contribution is 2.28. The predicted molar refractivity (Wildman–Crippen MR) is 105 cm³/mol. The maximum atomic E-state index is 9.55. The van der Waals surface area contributed by atoms with Crippen LogP contribution < -0.4 is 10.6 Å². The number of nitrogens with zero attached hydrogens (tertiary/aromatic N) is 4. The normalized spacial score (nSPS) is 20.8. The maximum absolute atomic E-state index is 9.55. The molecule has 0 radical (unpaired) electrons. The van der Waals surface area contributed by atoms with Gasteiger partial charge in [0, 0.05) is 55.6 Å². The molecule has 0 saturated carbocycles. The first-order valence-corrected chi connectivity index (χ1v) is 9.24. The molecule has 5 rings (SSSR count). The summed E-state index contributed by atoms with van der Waals surface area (Å²) in [5.41, 5.74) is 7.35. The standard InChI is InChI=1S/C15H19N5O.C4H4O4/c16-12-3-1-11(2-4-12)14-17-18-15(21-14)20-10-9-19-7-5-13(20)6-8-19;5-3(6)1-2-4(7)8/h1-4,13H,5-10,16H2;1-2H,(H,5,6)(H,7,8)/b;2-1+. The van der Waals surface area contributed by atoms with Gasteiger partial charge in [-0.2, -0.15) is 0 Å². The Labute approximate surface area is 167 Å². The van der Waals surface area contributed by atoms with Crippen LogP contribution in [0, 0.1) is 0 Å². The first-order chi connectivity index (χ1) is 13.9. The van der Waals surface area contributed by atoms with Crippen molar-refractivity contribution in [2.24, 2.45) is 0 Å². The number of carboxylic acid groups (broad SMARTS) is 2. The molecule has 0 atom stereocenters. The second kappa shape index (κ2) is 9.20. The predicted octanol–water partition coefficient (Wildman–Crippen LogP) is 1.31. The van der Waals surface area contributed by atoms with Gasteiger partial charge in [0.25, 0.3) is 0 Å². The minimum atomic E-state index is -1.26. The number of carboxylic acids is 2. The van der Waals surface area contributed by atoms with E-state index in [-0.39, 0.29) is 0 Å². The summed E-state index contributed by atoms with van der Waals surface area (Å²) in [6.07, 6.45) is 3.48. The molecule has 3 fully saturated rings. The molecule has 3 aliphatic heterocycles. The molecule has 2 bridgehead atoms. The monoisotopic (exact) mass is 401 g/mol. The average molecular weight is 401 g/mol. The van der Waals surface area contributed by atoms with E-state index >= 15 is 0 Å². The fourth-order valence-electron chi connectivity index (χ4n) is 3.35. The summed E-state index contributed by atoms with van der Waals surface area (Å²) in [6, 6.07) is 8.69. The zero-order valence-corrected chi connectivity index (χ0v) is 15.8. The lowest BCUT2D eigenvalue weighted by molar-refractivity contribution is -0.134. The molecule has 0 aliphatic carbocycles. The Morgan fingerprint density at radius 3 is 2.21 bits per heavy atom. The van der Waals surface area contributed by atoms with Gasteiger partial charge in [0.05, 0.1) is 0 Å². The fourth-order valence-corrected chi connectivity index (χ4v) is 3.35. The molecule has 3 aliphatic rings. The molecule has 0 unspecified atom stereocenters. The van der Waals surface area contributed by atoms with E-state index in [9.17, 15) is 9.59 Å². The third-order valence-electron chi connectivity index (χ3n) is 4.84. The molecule has 29 heavy (non-hydrogen) atoms. The van der Waals surface area contributed by atoms with Gasteiger partial charge >= 0.3 is 18.0 Å². The van der Waals surface area contributed by atoms with Crippen molar-refractivity contribution in [1.29, 1.82) is 0 Å². The smallest absolute Gasteiger partial charge is 0.328 e. The molecule has 1 aromatic carbocycles. The van der Waals surface area contributed by atoms with E-state index in [1.54, 1.807) is 0 Å². The molecular formula is C19H23N5O5. The van der Waals surface area contributed by atoms with Crippen molar-refractivity contribution in [3.8, 4) is 11.5 Å². The molecule has 10 heteroatoms. The third kappa shape index (κ3) is 5.55. The lowest BCUT2D eigenvalue weighted by atomic mass is 10.1. The Balaban J connectivity index is 0.000000258. The third-order valence-corrected chi connectivity index (χ3v) is 4.84. The number of hydrogen-bond acceptors (Lipinski definition) is 8. The summed E-state index contributed by atoms with van der Waals surface area (Å²) in [5.74, 6) is -1.95. The molecule has 0 amide bonds. The van der Waals surface area contributed by atoms with Crippen molar-refractivity contribution < 1.29 is 24.2 Å². The molecule has 2 aromatic rings. The molecule has 4 N–H and O–H groups in total. The average Bonchev–Trinajstić information content (AvgIpc) is 2.99. The van der Waals surface area contributed by atoms with Crippen molar-refractivity contribution in [2.45, 2.75) is 18.9 Å². The summed E-state index contributed by atoms with van der Waals surface area (Å²) in [7, 11) is 0. The quantitative estimate of drug-likeness (QED) is 0.506. The maximum Gasteiger partial charge on any atom is 0.328 e. The number of carbonyl (C=O) groups is 2. The second-order valence-corrected chi connectivity index (χ2v) is 6.79. The first-order valence-electron chi connectivity index (χ1n) is 9.24. The number of benzene rings is 1. The van der Waals surface area contributed by atoms with Crippen LogP contribution in [0.1, 0.15) is 12.8 Å². The van der Waals surface area contributed by atoms with E-state index in [0.29, 0.717) is 30.1 Å². The number of nitrogen functional groups attached to an aromatic ring is 1. The minimum Gasteiger partial charge on any atom is -0.478 e. The topological polar surface area (TPSA) is 146 Å². The van der Waals surface area contributed by atoms with E-state index in [4.69, 9.17) is 20.4 Å². The van der Waals surface area contributed by atoms with Crippen LogP contribution in [-0.4, -0.2) is 69.5 Å². The van der Waals surface area contributed by atoms with Gasteiger partial charge in [0.2, 0.25) is 5.89 Å². The molecule has 154 valence electrons. The SMILES string of the molecule is Nc1ccc(-c2nnc(N3CCN4CCC3CC4)o2)cc1.O=C(O)/C=C/C(=O)O. The number of aromatic nitrogens is 2. The van der Waals surface area contributed by atoms with Crippen LogP contribution in [0.15, 0.2) is 40.8 Å². The van der Waals surface area contributed by atoms with Crippen LogP contribution in [0.2, 0.25) is 0 Å². The molecule has 10 nitrogen and oxygen atoms in total. The van der Waals surface area contributed by atoms with Gasteiger partial charge in [-0.25, -0.2) is 9.59 Å². The number of aliphatic carboxylic acids is 2. The summed E-state index contributed by atoms with van der Waals surface area (Å²) in [5, 5.41) is 24.1. The Morgan fingerprint density at radius 2 is 1.62 bits per heavy atom. The Kier molecular flexibility index (Phi) is 6.45. The van der Waals surface area contributed by atoms with Crippen molar-refractivity contribution in [3.05, 3.63) is 36.4 Å². The fraction of sp³-hybridized carbons (Fsp3) is 0.368. The summed E-state index contributed by atoms with van der Waals surface area (Å²) < 4.78 is 5.90. The minimum absolute atomic E-state index is 0.531. The lowest BCUT2D eigenvalue weighted by Crippen LogP contribution is -2.38. The van der Waals surface area contributed by atoms with Crippen molar-refractivity contribution in [2.75, 3.05) is 36.8 Å². The summed E-state index contributed by atoms with van der Waals surface area (Å²) in [4.78, 5) is 23.9. The van der Waals surface area contributed by atoms with E-state index < -0.39 is 11.9 Å². The lowest BCUT2D eigenvalue weighted by Gasteiger charge is -2.29. The van der Waals surface area contributed by atoms with Crippen LogP contribution in [0.25, 0.3) is 11.5 Å². The van der Waals surface area contributed by atoms with Gasteiger partial charge in [-0.05, 0) is 37.1 Å². The van der Waals surface area contributed by atoms with Crippen LogP contribution in [0.5, 0.6) is 0 Å². The van der Waals surface area contributed by atoms with Gasteiger partial charge in [-0.1, -0.05) is 5.10 Å². The molecule has 0 spiro atoms. The van der Waals surface area contributed by atoms with Gasteiger partial charge < -0.3 is 30.2 Å². The van der Waals surface area contributed by atoms with Gasteiger partial charge in [-0.15, -0.1) is 5.10 Å². The number of anilines is 2. The van der Waals surface area contributed by atoms with Crippen LogP contribution in [0.3, 0.4) is 0 Å². The van der Waals surface area contributed by atoms with Crippen LogP contribution in [0.4, 0.5) is 11.7 Å². The Morgan fingerprint density at radius 1 is 1.00 bits per heavy atom. The van der Waals surface area contributed by atoms with E-state index in [1.165, 1.54) is 25.9 Å². The van der Waals surface area contributed by atoms with Crippen molar-refractivity contribution in [1.82, 2.24) is 15.1 Å². The number of nitrogens with two attached hydrogens (primary N) is 1. The molecule has 3 saturated heterocycles. The van der Waals surface area contributed by atoms with Gasteiger partial charge in [-0.3, -0.25) is 0 Å². The zero-order chi connectivity index (χ0) is 20.8. The largest absolute Gasteiger partial charge is 0.478 e. The van der Waals surface area contributed by atoms with Crippen LogP contribution >= 0.6 is 0 Å². The summed E-state index contributed by atoms with van der Waals surface area (Å²) in [6.45, 7) is 4.41. The van der Waals surface area contributed by atoms with E-state index in [2.05, 4.69) is 20.0 Å².